The number of rotatable bonds is 8. The second-order valence-electron chi connectivity index (χ2n) is 7.08. The van der Waals surface area contributed by atoms with Crippen LogP contribution in [-0.4, -0.2) is 20.4 Å². The lowest BCUT2D eigenvalue weighted by Crippen LogP contribution is -2.47. The van der Waals surface area contributed by atoms with Gasteiger partial charge in [0.15, 0.2) is 0 Å². The molecule has 0 saturated carbocycles. The highest BCUT2D eigenvalue weighted by Crippen LogP contribution is 2.23. The first-order chi connectivity index (χ1) is 13.9. The molecule has 0 aliphatic carbocycles. The SMILES string of the molecule is CCCC(NS(=O)(=O)c1cccc2ccccc12)C(=O)NC(C)c1ccccc1. The monoisotopic (exact) mass is 410 g/mol. The van der Waals surface area contributed by atoms with Gasteiger partial charge in [-0.15, -0.1) is 0 Å². The van der Waals surface area contributed by atoms with Crippen LogP contribution in [0.15, 0.2) is 77.7 Å². The predicted molar refractivity (Wildman–Crippen MR) is 116 cm³/mol. The van der Waals surface area contributed by atoms with E-state index in [4.69, 9.17) is 0 Å². The predicted octanol–water partition coefficient (Wildman–Crippen LogP) is 4.16. The second-order valence-corrected chi connectivity index (χ2v) is 8.76. The molecule has 0 radical (unpaired) electrons. The summed E-state index contributed by atoms with van der Waals surface area (Å²) < 4.78 is 28.8. The molecule has 0 fully saturated rings. The van der Waals surface area contributed by atoms with E-state index in [0.717, 1.165) is 10.9 Å². The van der Waals surface area contributed by atoms with Gasteiger partial charge in [0.05, 0.1) is 10.9 Å². The van der Waals surface area contributed by atoms with Gasteiger partial charge in [-0.2, -0.15) is 4.72 Å². The van der Waals surface area contributed by atoms with Crippen molar-refractivity contribution in [2.24, 2.45) is 0 Å². The Morgan fingerprint density at radius 3 is 2.31 bits per heavy atom. The van der Waals surface area contributed by atoms with Crippen molar-refractivity contribution < 1.29 is 13.2 Å². The Morgan fingerprint density at radius 1 is 0.931 bits per heavy atom. The summed E-state index contributed by atoms with van der Waals surface area (Å²) in [6, 6.07) is 21.0. The number of hydrogen-bond acceptors (Lipinski definition) is 3. The zero-order valence-electron chi connectivity index (χ0n) is 16.6. The Morgan fingerprint density at radius 2 is 1.59 bits per heavy atom. The van der Waals surface area contributed by atoms with E-state index in [-0.39, 0.29) is 16.8 Å². The summed E-state index contributed by atoms with van der Waals surface area (Å²) in [6.45, 7) is 3.81. The van der Waals surface area contributed by atoms with Crippen molar-refractivity contribution in [2.45, 2.75) is 43.7 Å². The Kier molecular flexibility index (Phi) is 6.67. The van der Waals surface area contributed by atoms with Gasteiger partial charge in [-0.1, -0.05) is 80.1 Å². The third-order valence-corrected chi connectivity index (χ3v) is 6.42. The Balaban J connectivity index is 1.82. The molecule has 0 bridgehead atoms. The summed E-state index contributed by atoms with van der Waals surface area (Å²) in [4.78, 5) is 13.0. The summed E-state index contributed by atoms with van der Waals surface area (Å²) >= 11 is 0. The molecule has 0 aliphatic heterocycles. The number of carbonyl (C=O) groups is 1. The van der Waals surface area contributed by atoms with Crippen molar-refractivity contribution in [3.05, 3.63) is 78.4 Å². The molecule has 3 rings (SSSR count). The van der Waals surface area contributed by atoms with Crippen LogP contribution in [0.25, 0.3) is 10.8 Å². The minimum Gasteiger partial charge on any atom is -0.348 e. The lowest BCUT2D eigenvalue weighted by atomic mass is 10.1. The van der Waals surface area contributed by atoms with E-state index >= 15 is 0 Å². The molecule has 2 atom stereocenters. The van der Waals surface area contributed by atoms with Crippen molar-refractivity contribution in [1.82, 2.24) is 10.0 Å². The van der Waals surface area contributed by atoms with Gasteiger partial charge < -0.3 is 5.32 Å². The van der Waals surface area contributed by atoms with Crippen LogP contribution >= 0.6 is 0 Å². The lowest BCUT2D eigenvalue weighted by molar-refractivity contribution is -0.123. The fourth-order valence-electron chi connectivity index (χ4n) is 3.35. The molecule has 152 valence electrons. The fraction of sp³-hybridized carbons (Fsp3) is 0.261. The number of carbonyl (C=O) groups excluding carboxylic acids is 1. The van der Waals surface area contributed by atoms with Crippen LogP contribution in [0.3, 0.4) is 0 Å². The van der Waals surface area contributed by atoms with Gasteiger partial charge >= 0.3 is 0 Å². The smallest absolute Gasteiger partial charge is 0.241 e. The normalized spacial score (nSPS) is 13.7. The molecule has 29 heavy (non-hydrogen) atoms. The molecule has 6 heteroatoms. The lowest BCUT2D eigenvalue weighted by Gasteiger charge is -2.21. The van der Waals surface area contributed by atoms with Crippen molar-refractivity contribution >= 4 is 26.7 Å². The first-order valence-electron chi connectivity index (χ1n) is 9.78. The zero-order valence-corrected chi connectivity index (χ0v) is 17.4. The maximum absolute atomic E-state index is 13.1. The van der Waals surface area contributed by atoms with Crippen LogP contribution in [0.2, 0.25) is 0 Å². The van der Waals surface area contributed by atoms with Crippen molar-refractivity contribution in [3.63, 3.8) is 0 Å². The average molecular weight is 411 g/mol. The molecular weight excluding hydrogens is 384 g/mol. The number of benzene rings is 3. The van der Waals surface area contributed by atoms with Gasteiger partial charge in [-0.25, -0.2) is 8.42 Å². The largest absolute Gasteiger partial charge is 0.348 e. The molecule has 0 heterocycles. The molecular formula is C23H26N2O3S. The quantitative estimate of drug-likeness (QED) is 0.585. The van der Waals surface area contributed by atoms with Crippen LogP contribution in [0.5, 0.6) is 0 Å². The van der Waals surface area contributed by atoms with E-state index < -0.39 is 16.1 Å². The van der Waals surface area contributed by atoms with Gasteiger partial charge in [-0.3, -0.25) is 4.79 Å². The Bertz CT molecular complexity index is 1080. The van der Waals surface area contributed by atoms with Crippen molar-refractivity contribution in [2.75, 3.05) is 0 Å². The van der Waals surface area contributed by atoms with Gasteiger partial charge in [-0.05, 0) is 30.4 Å². The molecule has 3 aromatic rings. The topological polar surface area (TPSA) is 75.3 Å². The second kappa shape index (κ2) is 9.20. The number of nitrogens with one attached hydrogen (secondary N) is 2. The molecule has 5 nitrogen and oxygen atoms in total. The number of fused-ring (bicyclic) bond motifs is 1. The van der Waals surface area contributed by atoms with E-state index in [1.54, 1.807) is 24.3 Å². The Hall–Kier alpha value is -2.70. The summed E-state index contributed by atoms with van der Waals surface area (Å²) in [7, 11) is -3.86. The van der Waals surface area contributed by atoms with Gasteiger partial charge in [0.25, 0.3) is 0 Å². The maximum atomic E-state index is 13.1. The minimum atomic E-state index is -3.86. The first kappa shape index (κ1) is 21.0. The van der Waals surface area contributed by atoms with Crippen LogP contribution in [0.1, 0.15) is 38.3 Å². The Labute approximate surface area is 172 Å². The van der Waals surface area contributed by atoms with Crippen LogP contribution < -0.4 is 10.0 Å². The van der Waals surface area contributed by atoms with E-state index in [1.165, 1.54) is 0 Å². The molecule has 3 aromatic carbocycles. The third kappa shape index (κ3) is 5.02. The number of hydrogen-bond donors (Lipinski definition) is 2. The average Bonchev–Trinajstić information content (AvgIpc) is 2.73. The van der Waals surface area contributed by atoms with Crippen molar-refractivity contribution in [3.8, 4) is 0 Å². The van der Waals surface area contributed by atoms with Crippen molar-refractivity contribution in [1.29, 1.82) is 0 Å². The highest BCUT2D eigenvalue weighted by molar-refractivity contribution is 7.89. The molecule has 0 aromatic heterocycles. The maximum Gasteiger partial charge on any atom is 0.241 e. The standard InChI is InChI=1S/C23H26N2O3S/c1-3-10-21(23(26)24-17(2)18-11-5-4-6-12-18)25-29(27,28)22-16-9-14-19-13-7-8-15-20(19)22/h4-9,11-17,21,25H,3,10H2,1-2H3,(H,24,26). The van der Waals surface area contributed by atoms with E-state index in [9.17, 15) is 13.2 Å². The van der Waals surface area contributed by atoms with E-state index in [0.29, 0.717) is 18.2 Å². The van der Waals surface area contributed by atoms with Gasteiger partial charge in [0.2, 0.25) is 15.9 Å². The van der Waals surface area contributed by atoms with Gasteiger partial charge in [0, 0.05) is 5.39 Å². The van der Waals surface area contributed by atoms with Crippen LogP contribution in [0, 0.1) is 0 Å². The molecule has 0 spiro atoms. The first-order valence-corrected chi connectivity index (χ1v) is 11.3. The van der Waals surface area contributed by atoms with Crippen LogP contribution in [0.4, 0.5) is 0 Å². The number of sulfonamides is 1. The highest BCUT2D eigenvalue weighted by Gasteiger charge is 2.27. The summed E-state index contributed by atoms with van der Waals surface area (Å²) in [6.07, 6.45) is 1.09. The summed E-state index contributed by atoms with van der Waals surface area (Å²) in [5.41, 5.74) is 0.966. The minimum absolute atomic E-state index is 0.181. The molecule has 2 unspecified atom stereocenters. The highest BCUT2D eigenvalue weighted by atomic mass is 32.2. The number of amides is 1. The van der Waals surface area contributed by atoms with Crippen LogP contribution in [-0.2, 0) is 14.8 Å². The molecule has 0 aliphatic rings. The molecule has 2 N–H and O–H groups in total. The third-order valence-electron chi connectivity index (χ3n) is 4.89. The van der Waals surface area contributed by atoms with E-state index in [1.807, 2.05) is 62.4 Å². The summed E-state index contributed by atoms with van der Waals surface area (Å²) in [5.74, 6) is -0.327. The zero-order chi connectivity index (χ0) is 20.9. The van der Waals surface area contributed by atoms with E-state index in [2.05, 4.69) is 10.0 Å². The fourth-order valence-corrected chi connectivity index (χ4v) is 4.81. The molecule has 1 amide bonds. The summed E-state index contributed by atoms with van der Waals surface area (Å²) in [5, 5.41) is 4.40. The molecule has 0 saturated heterocycles. The van der Waals surface area contributed by atoms with Gasteiger partial charge in [0.1, 0.15) is 6.04 Å².